The van der Waals surface area contributed by atoms with Crippen molar-refractivity contribution in [2.24, 2.45) is 5.92 Å². The summed E-state index contributed by atoms with van der Waals surface area (Å²) >= 11 is 0. The van der Waals surface area contributed by atoms with E-state index in [9.17, 15) is 4.79 Å². The minimum absolute atomic E-state index is 0.281. The van der Waals surface area contributed by atoms with Gasteiger partial charge in [-0.3, -0.25) is 0 Å². The van der Waals surface area contributed by atoms with E-state index in [-0.39, 0.29) is 5.97 Å². The van der Waals surface area contributed by atoms with Crippen molar-refractivity contribution in [3.05, 3.63) is 70.6 Å². The van der Waals surface area contributed by atoms with Crippen molar-refractivity contribution in [3.8, 4) is 0 Å². The first-order chi connectivity index (χ1) is 13.7. The zero-order chi connectivity index (χ0) is 19.8. The number of hydrogen-bond donors (Lipinski definition) is 1. The molecular weight excluding hydrogens is 348 g/mol. The first-order valence-corrected chi connectivity index (χ1v) is 10.2. The highest BCUT2D eigenvalue weighted by molar-refractivity contribution is 5.90. The lowest BCUT2D eigenvalue weighted by atomic mass is 9.84. The van der Waals surface area contributed by atoms with E-state index >= 15 is 0 Å². The number of anilines is 1. The fraction of sp³-hybridized carbons (Fsp3) is 0.417. The van der Waals surface area contributed by atoms with Crippen LogP contribution in [-0.4, -0.2) is 12.6 Å². The van der Waals surface area contributed by atoms with Crippen molar-refractivity contribution in [1.82, 2.24) is 0 Å². The van der Waals surface area contributed by atoms with Crippen LogP contribution in [0.5, 0.6) is 0 Å². The Balaban J connectivity index is 1.77. The quantitative estimate of drug-likeness (QED) is 0.465. The molecule has 1 fully saturated rings. The lowest BCUT2D eigenvalue weighted by Crippen LogP contribution is -2.12. The molecule has 0 amide bonds. The van der Waals surface area contributed by atoms with Gasteiger partial charge in [-0.2, -0.15) is 0 Å². The van der Waals surface area contributed by atoms with Crippen LogP contribution in [0.25, 0.3) is 4.85 Å². The molecule has 0 aliphatic heterocycles. The zero-order valence-electron chi connectivity index (χ0n) is 16.5. The number of benzene rings is 2. The molecule has 0 unspecified atom stereocenters. The number of esters is 1. The van der Waals surface area contributed by atoms with Gasteiger partial charge in [0.2, 0.25) is 0 Å². The van der Waals surface area contributed by atoms with Crippen LogP contribution in [-0.2, 0) is 17.7 Å². The Morgan fingerprint density at radius 2 is 1.89 bits per heavy atom. The highest BCUT2D eigenvalue weighted by atomic mass is 16.5. The SMILES string of the molecule is [C-]#[N+]c1ccc(CNc2cc(C(=O)OCC)ccc2CC2CCCCC2)cc1. The molecule has 4 heteroatoms. The molecule has 0 bridgehead atoms. The number of carbonyl (C=O) groups is 1. The third-order valence-electron chi connectivity index (χ3n) is 5.40. The summed E-state index contributed by atoms with van der Waals surface area (Å²) in [5, 5.41) is 3.51. The Bertz CT molecular complexity index is 831. The Kier molecular flexibility index (Phi) is 7.08. The van der Waals surface area contributed by atoms with Gasteiger partial charge in [-0.15, -0.1) is 0 Å². The minimum Gasteiger partial charge on any atom is -0.462 e. The van der Waals surface area contributed by atoms with E-state index < -0.39 is 0 Å². The van der Waals surface area contributed by atoms with E-state index in [4.69, 9.17) is 11.3 Å². The minimum atomic E-state index is -0.281. The average Bonchev–Trinajstić information content (AvgIpc) is 2.74. The van der Waals surface area contributed by atoms with Gasteiger partial charge in [0.15, 0.2) is 5.69 Å². The predicted octanol–water partition coefficient (Wildman–Crippen LogP) is 6.15. The molecule has 2 aromatic rings. The summed E-state index contributed by atoms with van der Waals surface area (Å²) in [6.45, 7) is 9.91. The van der Waals surface area contributed by atoms with Crippen LogP contribution in [0.2, 0.25) is 0 Å². The number of hydrogen-bond acceptors (Lipinski definition) is 3. The van der Waals surface area contributed by atoms with Gasteiger partial charge in [0.1, 0.15) is 0 Å². The van der Waals surface area contributed by atoms with Gasteiger partial charge in [-0.1, -0.05) is 62.4 Å². The van der Waals surface area contributed by atoms with Gasteiger partial charge >= 0.3 is 5.97 Å². The Morgan fingerprint density at radius 1 is 1.14 bits per heavy atom. The van der Waals surface area contributed by atoms with Gasteiger partial charge in [0, 0.05) is 12.2 Å². The number of nitrogens with zero attached hydrogens (tertiary/aromatic N) is 1. The maximum atomic E-state index is 12.2. The largest absolute Gasteiger partial charge is 0.462 e. The lowest BCUT2D eigenvalue weighted by molar-refractivity contribution is 0.0526. The van der Waals surface area contributed by atoms with Crippen LogP contribution in [0.15, 0.2) is 42.5 Å². The smallest absolute Gasteiger partial charge is 0.338 e. The molecule has 0 heterocycles. The van der Waals surface area contributed by atoms with E-state index in [1.807, 2.05) is 43.3 Å². The van der Waals surface area contributed by atoms with Gasteiger partial charge < -0.3 is 10.1 Å². The van der Waals surface area contributed by atoms with Crippen molar-refractivity contribution in [2.75, 3.05) is 11.9 Å². The topological polar surface area (TPSA) is 42.7 Å². The molecule has 0 saturated heterocycles. The Labute approximate surface area is 167 Å². The van der Waals surface area contributed by atoms with Gasteiger partial charge in [0.05, 0.1) is 18.7 Å². The van der Waals surface area contributed by atoms with E-state index in [1.165, 1.54) is 37.7 Å². The van der Waals surface area contributed by atoms with Crippen molar-refractivity contribution in [1.29, 1.82) is 0 Å². The maximum Gasteiger partial charge on any atom is 0.338 e. The summed E-state index contributed by atoms with van der Waals surface area (Å²) in [6.07, 6.45) is 7.61. The van der Waals surface area contributed by atoms with Gasteiger partial charge in [-0.05, 0) is 42.5 Å². The molecule has 146 valence electrons. The molecular formula is C24H28N2O2. The zero-order valence-corrected chi connectivity index (χ0v) is 16.5. The van der Waals surface area contributed by atoms with E-state index in [0.717, 1.165) is 23.6 Å². The van der Waals surface area contributed by atoms with Gasteiger partial charge in [-0.25, -0.2) is 9.64 Å². The van der Waals surface area contributed by atoms with E-state index in [2.05, 4.69) is 16.2 Å². The second kappa shape index (κ2) is 9.94. The summed E-state index contributed by atoms with van der Waals surface area (Å²) in [5.74, 6) is 0.442. The van der Waals surface area contributed by atoms with Crippen LogP contribution in [0.4, 0.5) is 11.4 Å². The monoisotopic (exact) mass is 376 g/mol. The van der Waals surface area contributed by atoms with Crippen LogP contribution >= 0.6 is 0 Å². The predicted molar refractivity (Wildman–Crippen MR) is 113 cm³/mol. The number of rotatable bonds is 7. The summed E-state index contributed by atoms with van der Waals surface area (Å²) in [4.78, 5) is 15.6. The normalized spacial score (nSPS) is 14.3. The van der Waals surface area contributed by atoms with Crippen LogP contribution in [0, 0.1) is 12.5 Å². The standard InChI is InChI=1S/C24H28N2O2/c1-3-28-24(27)21-12-11-20(15-18-7-5-4-6-8-18)23(16-21)26-17-19-9-13-22(25-2)14-10-19/h9-14,16,18,26H,3-8,15,17H2,1H3. The molecule has 1 aliphatic carbocycles. The molecule has 3 rings (SSSR count). The summed E-state index contributed by atoms with van der Waals surface area (Å²) in [6, 6.07) is 13.5. The summed E-state index contributed by atoms with van der Waals surface area (Å²) < 4.78 is 5.17. The first-order valence-electron chi connectivity index (χ1n) is 10.2. The maximum absolute atomic E-state index is 12.2. The lowest BCUT2D eigenvalue weighted by Gasteiger charge is -2.23. The highest BCUT2D eigenvalue weighted by Gasteiger charge is 2.17. The second-order valence-corrected chi connectivity index (χ2v) is 7.43. The molecule has 28 heavy (non-hydrogen) atoms. The van der Waals surface area contributed by atoms with Crippen molar-refractivity contribution < 1.29 is 9.53 Å². The van der Waals surface area contributed by atoms with Crippen LogP contribution < -0.4 is 5.32 Å². The van der Waals surface area contributed by atoms with Gasteiger partial charge in [0.25, 0.3) is 0 Å². The second-order valence-electron chi connectivity index (χ2n) is 7.43. The number of carbonyl (C=O) groups excluding carboxylic acids is 1. The molecule has 1 saturated carbocycles. The van der Waals surface area contributed by atoms with Crippen molar-refractivity contribution in [3.63, 3.8) is 0 Å². The third-order valence-corrected chi connectivity index (χ3v) is 5.40. The molecule has 0 atom stereocenters. The highest BCUT2D eigenvalue weighted by Crippen LogP contribution is 2.30. The summed E-state index contributed by atoms with van der Waals surface area (Å²) in [7, 11) is 0. The third kappa shape index (κ3) is 5.36. The molecule has 0 spiro atoms. The van der Waals surface area contributed by atoms with Crippen molar-refractivity contribution in [2.45, 2.75) is 52.0 Å². The molecule has 4 nitrogen and oxygen atoms in total. The van der Waals surface area contributed by atoms with Crippen LogP contribution in [0.3, 0.4) is 0 Å². The van der Waals surface area contributed by atoms with Crippen molar-refractivity contribution >= 4 is 17.3 Å². The van der Waals surface area contributed by atoms with Crippen LogP contribution in [0.1, 0.15) is 60.5 Å². The summed E-state index contributed by atoms with van der Waals surface area (Å²) in [5.41, 5.74) is 4.60. The Hall–Kier alpha value is -2.80. The molecule has 2 aromatic carbocycles. The molecule has 0 radical (unpaired) electrons. The number of ether oxygens (including phenoxy) is 1. The molecule has 0 aromatic heterocycles. The average molecular weight is 377 g/mol. The molecule has 1 N–H and O–H groups in total. The molecule has 1 aliphatic rings. The fourth-order valence-corrected chi connectivity index (χ4v) is 3.85. The van der Waals surface area contributed by atoms with E-state index in [1.54, 1.807) is 0 Å². The van der Waals surface area contributed by atoms with E-state index in [0.29, 0.717) is 24.4 Å². The number of nitrogens with one attached hydrogen (secondary N) is 1. The first kappa shape index (κ1) is 19.9. The fourth-order valence-electron chi connectivity index (χ4n) is 3.85. The Morgan fingerprint density at radius 3 is 2.57 bits per heavy atom.